The van der Waals surface area contributed by atoms with E-state index >= 15 is 0 Å². The molecule has 1 aliphatic carbocycles. The number of rotatable bonds is 6. The molecular weight excluding hydrogens is 486 g/mol. The van der Waals surface area contributed by atoms with Crippen LogP contribution in [0.1, 0.15) is 71.6 Å². The van der Waals surface area contributed by atoms with Gasteiger partial charge in [0.2, 0.25) is 5.91 Å². The average Bonchev–Trinajstić information content (AvgIpc) is 3.61. The summed E-state index contributed by atoms with van der Waals surface area (Å²) >= 11 is 1.73. The van der Waals surface area contributed by atoms with Gasteiger partial charge in [-0.3, -0.25) is 19.7 Å². The number of carbonyl (C=O) groups excluding carboxylic acids is 2. The number of benzene rings is 2. The molecule has 1 aliphatic heterocycles. The van der Waals surface area contributed by atoms with Gasteiger partial charge in [0.1, 0.15) is 6.54 Å². The molecule has 2 heterocycles. The molecule has 2 aromatic carbocycles. The maximum Gasteiger partial charge on any atom is 0.269 e. The number of amides is 2. The van der Waals surface area contributed by atoms with Gasteiger partial charge in [-0.1, -0.05) is 45.0 Å². The topological polar surface area (TPSA) is 83.8 Å². The number of nitrogens with zero attached hydrogens (tertiary/aromatic N) is 3. The average molecular weight is 518 g/mol. The minimum absolute atomic E-state index is 0.00344. The lowest BCUT2D eigenvalue weighted by atomic mass is 9.85. The highest BCUT2D eigenvalue weighted by Crippen LogP contribution is 2.39. The summed E-state index contributed by atoms with van der Waals surface area (Å²) in [5.74, 6) is -0.339. The molecule has 3 aromatic rings. The first-order valence-electron chi connectivity index (χ1n) is 12.6. The zero-order valence-electron chi connectivity index (χ0n) is 21.3. The molecule has 0 bridgehead atoms. The fourth-order valence-electron chi connectivity index (χ4n) is 4.99. The van der Waals surface area contributed by atoms with Crippen molar-refractivity contribution in [2.45, 2.75) is 57.5 Å². The maximum atomic E-state index is 13.8. The van der Waals surface area contributed by atoms with E-state index in [2.05, 4.69) is 56.5 Å². The Morgan fingerprint density at radius 2 is 1.73 bits per heavy atom. The highest BCUT2D eigenvalue weighted by molar-refractivity contribution is 7.10. The van der Waals surface area contributed by atoms with Crippen molar-refractivity contribution >= 4 is 28.8 Å². The second kappa shape index (κ2) is 9.74. The SMILES string of the molecule is CC(C)(C)c1ccc(C2c3ccsc3CCN2C(=O)CN(C(=O)c2ccc([N+](=O)[O-])cc2)C2CC2)cc1. The van der Waals surface area contributed by atoms with Crippen LogP contribution in [-0.4, -0.2) is 45.7 Å². The van der Waals surface area contributed by atoms with Gasteiger partial charge < -0.3 is 9.80 Å². The minimum atomic E-state index is -0.486. The number of fused-ring (bicyclic) bond motifs is 1. The monoisotopic (exact) mass is 517 g/mol. The van der Waals surface area contributed by atoms with Gasteiger partial charge in [0.15, 0.2) is 0 Å². The number of nitro groups is 1. The Kier molecular flexibility index (Phi) is 6.62. The molecule has 5 rings (SSSR count). The third-order valence-corrected chi connectivity index (χ3v) is 8.25. The zero-order valence-corrected chi connectivity index (χ0v) is 22.2. The van der Waals surface area contributed by atoms with E-state index in [4.69, 9.17) is 0 Å². The first-order chi connectivity index (χ1) is 17.6. The van der Waals surface area contributed by atoms with Crippen LogP contribution in [0.2, 0.25) is 0 Å². The zero-order chi connectivity index (χ0) is 26.3. The summed E-state index contributed by atoms with van der Waals surface area (Å²) < 4.78 is 0. The van der Waals surface area contributed by atoms with Gasteiger partial charge in [0, 0.05) is 35.2 Å². The Bertz CT molecular complexity index is 1320. The van der Waals surface area contributed by atoms with Crippen molar-refractivity contribution in [1.82, 2.24) is 9.80 Å². The Morgan fingerprint density at radius 1 is 1.05 bits per heavy atom. The van der Waals surface area contributed by atoms with Gasteiger partial charge in [0.25, 0.3) is 11.6 Å². The number of thiophene rings is 1. The van der Waals surface area contributed by atoms with Gasteiger partial charge in [0.05, 0.1) is 11.0 Å². The molecule has 1 fully saturated rings. The lowest BCUT2D eigenvalue weighted by molar-refractivity contribution is -0.384. The van der Waals surface area contributed by atoms with Crippen molar-refractivity contribution < 1.29 is 14.5 Å². The summed E-state index contributed by atoms with van der Waals surface area (Å²) in [5.41, 5.74) is 3.80. The molecule has 8 heteroatoms. The van der Waals surface area contributed by atoms with E-state index in [1.54, 1.807) is 16.2 Å². The summed E-state index contributed by atoms with van der Waals surface area (Å²) in [6.45, 7) is 7.15. The third-order valence-electron chi connectivity index (χ3n) is 7.26. The number of non-ortho nitro benzene ring substituents is 1. The summed E-state index contributed by atoms with van der Waals surface area (Å²) in [6, 6.07) is 16.1. The normalized spacial score (nSPS) is 17.3. The van der Waals surface area contributed by atoms with E-state index in [9.17, 15) is 19.7 Å². The van der Waals surface area contributed by atoms with Crippen LogP contribution in [0.4, 0.5) is 5.69 Å². The van der Waals surface area contributed by atoms with E-state index in [0.717, 1.165) is 30.4 Å². The third kappa shape index (κ3) is 5.16. The lowest BCUT2D eigenvalue weighted by Crippen LogP contribution is -2.47. The molecule has 0 radical (unpaired) electrons. The van der Waals surface area contributed by atoms with Gasteiger partial charge in [-0.05, 0) is 64.9 Å². The van der Waals surface area contributed by atoms with Gasteiger partial charge in [-0.25, -0.2) is 0 Å². The van der Waals surface area contributed by atoms with E-state index in [1.807, 2.05) is 4.90 Å². The molecule has 0 N–H and O–H groups in total. The van der Waals surface area contributed by atoms with Crippen LogP contribution in [0.15, 0.2) is 60.0 Å². The predicted octanol–water partition coefficient (Wildman–Crippen LogP) is 5.73. The highest BCUT2D eigenvalue weighted by atomic mass is 32.1. The van der Waals surface area contributed by atoms with E-state index < -0.39 is 4.92 Å². The second-order valence-electron chi connectivity index (χ2n) is 10.9. The van der Waals surface area contributed by atoms with Crippen molar-refractivity contribution in [1.29, 1.82) is 0 Å². The summed E-state index contributed by atoms with van der Waals surface area (Å²) in [4.78, 5) is 42.5. The number of hydrogen-bond donors (Lipinski definition) is 0. The number of nitro benzene ring substituents is 1. The molecule has 2 amide bonds. The standard InChI is InChI=1S/C29H31N3O4S/c1-29(2,3)21-8-4-19(5-9-21)27-24-15-17-37-25(24)14-16-30(27)26(33)18-31(22-12-13-22)28(34)20-6-10-23(11-7-20)32(35)36/h4-11,15,17,22,27H,12-14,16,18H2,1-3H3. The molecule has 192 valence electrons. The lowest BCUT2D eigenvalue weighted by Gasteiger charge is -2.38. The van der Waals surface area contributed by atoms with Crippen molar-refractivity contribution in [3.8, 4) is 0 Å². The van der Waals surface area contributed by atoms with Crippen LogP contribution >= 0.6 is 11.3 Å². The van der Waals surface area contributed by atoms with Crippen LogP contribution in [0.5, 0.6) is 0 Å². The molecule has 0 saturated heterocycles. The molecule has 1 atom stereocenters. The van der Waals surface area contributed by atoms with Crippen molar-refractivity contribution in [3.63, 3.8) is 0 Å². The minimum Gasteiger partial charge on any atom is -0.330 e. The largest absolute Gasteiger partial charge is 0.330 e. The molecule has 0 spiro atoms. The molecule has 1 aromatic heterocycles. The van der Waals surface area contributed by atoms with E-state index in [1.165, 1.54) is 34.7 Å². The smallest absolute Gasteiger partial charge is 0.269 e. The molecule has 1 saturated carbocycles. The quantitative estimate of drug-likeness (QED) is 0.309. The fourth-order valence-corrected chi connectivity index (χ4v) is 5.89. The summed E-state index contributed by atoms with van der Waals surface area (Å²) in [7, 11) is 0. The van der Waals surface area contributed by atoms with Crippen molar-refractivity contribution in [2.24, 2.45) is 0 Å². The van der Waals surface area contributed by atoms with Crippen LogP contribution in [-0.2, 0) is 16.6 Å². The number of hydrogen-bond acceptors (Lipinski definition) is 5. The molecule has 7 nitrogen and oxygen atoms in total. The van der Waals surface area contributed by atoms with Crippen LogP contribution in [0.3, 0.4) is 0 Å². The van der Waals surface area contributed by atoms with Crippen LogP contribution < -0.4 is 0 Å². The van der Waals surface area contributed by atoms with Gasteiger partial charge in [-0.15, -0.1) is 11.3 Å². The summed E-state index contributed by atoms with van der Waals surface area (Å²) in [6.07, 6.45) is 2.52. The Balaban J connectivity index is 1.41. The van der Waals surface area contributed by atoms with Crippen LogP contribution in [0, 0.1) is 10.1 Å². The number of carbonyl (C=O) groups is 2. The molecule has 2 aliphatic rings. The molecule has 1 unspecified atom stereocenters. The first kappa shape index (κ1) is 25.1. The van der Waals surface area contributed by atoms with Crippen LogP contribution in [0.25, 0.3) is 0 Å². The fraction of sp³-hybridized carbons (Fsp3) is 0.379. The second-order valence-corrected chi connectivity index (χ2v) is 11.9. The van der Waals surface area contributed by atoms with E-state index in [0.29, 0.717) is 12.1 Å². The molecule has 37 heavy (non-hydrogen) atoms. The predicted molar refractivity (Wildman–Crippen MR) is 144 cm³/mol. The first-order valence-corrected chi connectivity index (χ1v) is 13.5. The van der Waals surface area contributed by atoms with Crippen molar-refractivity contribution in [2.75, 3.05) is 13.1 Å². The summed E-state index contributed by atoms with van der Waals surface area (Å²) in [5, 5.41) is 13.1. The van der Waals surface area contributed by atoms with Gasteiger partial charge >= 0.3 is 0 Å². The van der Waals surface area contributed by atoms with Gasteiger partial charge in [-0.2, -0.15) is 0 Å². The van der Waals surface area contributed by atoms with E-state index in [-0.39, 0.29) is 41.5 Å². The maximum absolute atomic E-state index is 13.8. The Labute approximate surface area is 220 Å². The molecular formula is C29H31N3O4S. The Morgan fingerprint density at radius 3 is 2.32 bits per heavy atom. The Hall–Kier alpha value is -3.52. The highest BCUT2D eigenvalue weighted by Gasteiger charge is 2.38. The van der Waals surface area contributed by atoms with Crippen molar-refractivity contribution in [3.05, 3.63) is 97.2 Å².